The first kappa shape index (κ1) is 17.2. The smallest absolute Gasteiger partial charge is 0.226 e. The Morgan fingerprint density at radius 3 is 2.05 bits per heavy atom. The molecule has 4 nitrogen and oxygen atoms in total. The minimum absolute atomic E-state index is 0.0123. The number of benzene rings is 1. The maximum atomic E-state index is 12.0. The van der Waals surface area contributed by atoms with E-state index in [1.54, 1.807) is 4.90 Å². The third-order valence-corrected chi connectivity index (χ3v) is 3.26. The first-order valence-electron chi connectivity index (χ1n) is 7.26. The lowest BCUT2D eigenvalue weighted by atomic mass is 10.1. The lowest BCUT2D eigenvalue weighted by Gasteiger charge is -2.34. The summed E-state index contributed by atoms with van der Waals surface area (Å²) in [7, 11) is 0. The number of carbonyl (C=O) groups is 2. The Labute approximate surface area is 127 Å². The molecule has 0 bridgehead atoms. The van der Waals surface area contributed by atoms with Crippen LogP contribution in [-0.4, -0.2) is 28.8 Å². The molecule has 1 rings (SSSR count). The van der Waals surface area contributed by atoms with Gasteiger partial charge < -0.3 is 10.2 Å². The first-order chi connectivity index (χ1) is 9.59. The summed E-state index contributed by atoms with van der Waals surface area (Å²) in [5.74, 6) is -0.0859. The molecule has 0 aliphatic heterocycles. The lowest BCUT2D eigenvalue weighted by molar-refractivity contribution is -0.134. The van der Waals surface area contributed by atoms with Gasteiger partial charge in [0.15, 0.2) is 0 Å². The summed E-state index contributed by atoms with van der Waals surface area (Å²) in [6, 6.07) is 5.95. The van der Waals surface area contributed by atoms with Crippen LogP contribution in [0.1, 0.15) is 45.2 Å². The molecule has 0 saturated heterocycles. The van der Waals surface area contributed by atoms with Gasteiger partial charge in [-0.05, 0) is 57.9 Å². The van der Waals surface area contributed by atoms with Gasteiger partial charge in [-0.3, -0.25) is 9.59 Å². The van der Waals surface area contributed by atoms with E-state index in [2.05, 4.69) is 11.4 Å². The topological polar surface area (TPSA) is 49.4 Å². The number of anilines is 1. The largest absolute Gasteiger partial charge is 0.338 e. The molecule has 0 aromatic heterocycles. The van der Waals surface area contributed by atoms with Gasteiger partial charge in [-0.15, -0.1) is 0 Å². The highest BCUT2D eigenvalue weighted by atomic mass is 16.2. The summed E-state index contributed by atoms with van der Waals surface area (Å²) >= 11 is 0. The Balaban J connectivity index is 2.63. The van der Waals surface area contributed by atoms with E-state index in [1.165, 1.54) is 6.92 Å². The molecule has 0 unspecified atom stereocenters. The van der Waals surface area contributed by atoms with Crippen LogP contribution in [0.25, 0.3) is 0 Å². The number of aryl methyl sites for hydroxylation is 2. The van der Waals surface area contributed by atoms with E-state index in [9.17, 15) is 9.59 Å². The van der Waals surface area contributed by atoms with Gasteiger partial charge in [-0.1, -0.05) is 6.07 Å². The van der Waals surface area contributed by atoms with E-state index in [0.717, 1.165) is 16.8 Å². The van der Waals surface area contributed by atoms with Gasteiger partial charge in [0.2, 0.25) is 11.8 Å². The van der Waals surface area contributed by atoms with Crippen LogP contribution in [0.5, 0.6) is 0 Å². The highest BCUT2D eigenvalue weighted by molar-refractivity contribution is 5.91. The summed E-state index contributed by atoms with van der Waals surface area (Å²) < 4.78 is 0. The zero-order valence-electron chi connectivity index (χ0n) is 13.9. The van der Waals surface area contributed by atoms with Crippen molar-refractivity contribution in [2.24, 2.45) is 0 Å². The van der Waals surface area contributed by atoms with Crippen molar-refractivity contribution in [1.82, 2.24) is 4.90 Å². The minimum atomic E-state index is -0.272. The van der Waals surface area contributed by atoms with Crippen molar-refractivity contribution in [2.45, 2.75) is 53.5 Å². The summed E-state index contributed by atoms with van der Waals surface area (Å²) in [4.78, 5) is 25.4. The second kappa shape index (κ2) is 6.74. The Morgan fingerprint density at radius 1 is 1.10 bits per heavy atom. The molecule has 0 heterocycles. The molecule has 116 valence electrons. The first-order valence-corrected chi connectivity index (χ1v) is 7.26. The molecular weight excluding hydrogens is 264 g/mol. The van der Waals surface area contributed by atoms with Crippen molar-refractivity contribution in [3.8, 4) is 0 Å². The van der Waals surface area contributed by atoms with E-state index >= 15 is 0 Å². The predicted octanol–water partition coefficient (Wildman–Crippen LogP) is 3.28. The Hall–Kier alpha value is -1.84. The van der Waals surface area contributed by atoms with Gasteiger partial charge in [0.25, 0.3) is 0 Å². The molecule has 0 aliphatic rings. The van der Waals surface area contributed by atoms with Crippen LogP contribution in [0.2, 0.25) is 0 Å². The van der Waals surface area contributed by atoms with Crippen LogP contribution in [0.4, 0.5) is 5.69 Å². The van der Waals surface area contributed by atoms with E-state index in [-0.39, 0.29) is 17.4 Å². The van der Waals surface area contributed by atoms with Crippen molar-refractivity contribution >= 4 is 17.5 Å². The van der Waals surface area contributed by atoms with Gasteiger partial charge in [-0.25, -0.2) is 0 Å². The van der Waals surface area contributed by atoms with Gasteiger partial charge >= 0.3 is 0 Å². The Morgan fingerprint density at radius 2 is 1.62 bits per heavy atom. The molecule has 0 aliphatic carbocycles. The molecule has 1 aromatic carbocycles. The lowest BCUT2D eigenvalue weighted by Crippen LogP contribution is -2.45. The number of hydrogen-bond donors (Lipinski definition) is 1. The molecule has 1 aromatic rings. The third kappa shape index (κ3) is 5.58. The molecule has 0 radical (unpaired) electrons. The van der Waals surface area contributed by atoms with Crippen molar-refractivity contribution in [2.75, 3.05) is 11.9 Å². The van der Waals surface area contributed by atoms with E-state index < -0.39 is 0 Å². The molecule has 21 heavy (non-hydrogen) atoms. The molecule has 0 saturated carbocycles. The Kier molecular flexibility index (Phi) is 5.53. The van der Waals surface area contributed by atoms with Crippen molar-refractivity contribution in [3.05, 3.63) is 29.3 Å². The van der Waals surface area contributed by atoms with Crippen LogP contribution in [0.15, 0.2) is 18.2 Å². The van der Waals surface area contributed by atoms with Crippen LogP contribution in [-0.2, 0) is 9.59 Å². The van der Waals surface area contributed by atoms with Gasteiger partial charge in [0.1, 0.15) is 0 Å². The monoisotopic (exact) mass is 290 g/mol. The van der Waals surface area contributed by atoms with E-state index in [1.807, 2.05) is 46.8 Å². The molecular formula is C17H26N2O2. The summed E-state index contributed by atoms with van der Waals surface area (Å²) in [6.45, 7) is 11.9. The quantitative estimate of drug-likeness (QED) is 0.925. The third-order valence-electron chi connectivity index (χ3n) is 3.26. The fourth-order valence-electron chi connectivity index (χ4n) is 2.45. The average Bonchev–Trinajstić information content (AvgIpc) is 2.24. The number of rotatable bonds is 4. The molecule has 0 atom stereocenters. The zero-order valence-corrected chi connectivity index (χ0v) is 13.9. The summed E-state index contributed by atoms with van der Waals surface area (Å²) in [5, 5.41) is 2.89. The molecule has 2 amide bonds. The number of nitrogens with zero attached hydrogens (tertiary/aromatic N) is 1. The maximum Gasteiger partial charge on any atom is 0.226 e. The number of hydrogen-bond acceptors (Lipinski definition) is 2. The second-order valence-corrected chi connectivity index (χ2v) is 6.52. The SMILES string of the molecule is CC(=O)N(CCC(=O)Nc1cc(C)cc(C)c1)C(C)(C)C. The summed E-state index contributed by atoms with van der Waals surface area (Å²) in [5.41, 5.74) is 2.77. The number of nitrogens with one attached hydrogen (secondary N) is 1. The summed E-state index contributed by atoms with van der Waals surface area (Å²) in [6.07, 6.45) is 0.295. The fraction of sp³-hybridized carbons (Fsp3) is 0.529. The maximum absolute atomic E-state index is 12.0. The molecule has 4 heteroatoms. The van der Waals surface area contributed by atoms with Crippen LogP contribution in [0, 0.1) is 13.8 Å². The van der Waals surface area contributed by atoms with Gasteiger partial charge in [0, 0.05) is 31.1 Å². The number of amides is 2. The fourth-order valence-corrected chi connectivity index (χ4v) is 2.45. The van der Waals surface area contributed by atoms with E-state index in [0.29, 0.717) is 13.0 Å². The second-order valence-electron chi connectivity index (χ2n) is 6.52. The highest BCUT2D eigenvalue weighted by Crippen LogP contribution is 2.16. The van der Waals surface area contributed by atoms with Crippen molar-refractivity contribution < 1.29 is 9.59 Å². The van der Waals surface area contributed by atoms with Crippen molar-refractivity contribution in [3.63, 3.8) is 0 Å². The zero-order chi connectivity index (χ0) is 16.2. The number of carbonyl (C=O) groups excluding carboxylic acids is 2. The Bertz CT molecular complexity index is 510. The standard InChI is InChI=1S/C17H26N2O2/c1-12-9-13(2)11-15(10-12)18-16(21)7-8-19(14(3)20)17(4,5)6/h9-11H,7-8H2,1-6H3,(H,18,21). The van der Waals surface area contributed by atoms with Crippen molar-refractivity contribution in [1.29, 1.82) is 0 Å². The van der Waals surface area contributed by atoms with Crippen LogP contribution in [0.3, 0.4) is 0 Å². The minimum Gasteiger partial charge on any atom is -0.338 e. The van der Waals surface area contributed by atoms with Gasteiger partial charge in [-0.2, -0.15) is 0 Å². The molecule has 1 N–H and O–H groups in total. The molecule has 0 fully saturated rings. The van der Waals surface area contributed by atoms with E-state index in [4.69, 9.17) is 0 Å². The highest BCUT2D eigenvalue weighted by Gasteiger charge is 2.23. The average molecular weight is 290 g/mol. The normalized spacial score (nSPS) is 11.1. The molecule has 0 spiro atoms. The van der Waals surface area contributed by atoms with Crippen LogP contribution < -0.4 is 5.32 Å². The van der Waals surface area contributed by atoms with Gasteiger partial charge in [0.05, 0.1) is 0 Å². The van der Waals surface area contributed by atoms with Crippen LogP contribution >= 0.6 is 0 Å². The predicted molar refractivity (Wildman–Crippen MR) is 86.3 cm³/mol.